The van der Waals surface area contributed by atoms with Crippen LogP contribution >= 0.6 is 15.9 Å². The van der Waals surface area contributed by atoms with Crippen LogP contribution in [-0.4, -0.2) is 45.4 Å². The number of nitrogens with zero attached hydrogens (tertiary/aromatic N) is 1. The van der Waals surface area contributed by atoms with Gasteiger partial charge in [-0.1, -0.05) is 15.9 Å². The standard InChI is InChI=1S/C20H22BrN3O5/c1-4-29-16-8-6-15(21)9-14(16)11-23-24-19(25)12-22-20(26)13-5-7-17(27-2)18(10-13)28-3/h5-11H,4,12H2,1-3H3,(H,22,26)(H,24,25). The summed E-state index contributed by atoms with van der Waals surface area (Å²) in [4.78, 5) is 24.2. The number of rotatable bonds is 9. The molecule has 0 fully saturated rings. The summed E-state index contributed by atoms with van der Waals surface area (Å²) in [6.07, 6.45) is 1.48. The Morgan fingerprint density at radius 1 is 1.07 bits per heavy atom. The molecule has 2 rings (SSSR count). The molecule has 8 nitrogen and oxygen atoms in total. The smallest absolute Gasteiger partial charge is 0.259 e. The molecule has 0 atom stereocenters. The molecule has 9 heteroatoms. The lowest BCUT2D eigenvalue weighted by Crippen LogP contribution is -2.34. The lowest BCUT2D eigenvalue weighted by molar-refractivity contribution is -0.120. The van der Waals surface area contributed by atoms with Gasteiger partial charge in [0.1, 0.15) is 5.75 Å². The van der Waals surface area contributed by atoms with E-state index in [-0.39, 0.29) is 6.54 Å². The average molecular weight is 464 g/mol. The van der Waals surface area contributed by atoms with Crippen molar-refractivity contribution < 1.29 is 23.8 Å². The first kappa shape index (κ1) is 22.2. The number of benzene rings is 2. The molecule has 0 aromatic heterocycles. The first-order chi connectivity index (χ1) is 14.0. The highest BCUT2D eigenvalue weighted by Gasteiger charge is 2.11. The molecule has 154 valence electrons. The van der Waals surface area contributed by atoms with E-state index >= 15 is 0 Å². The zero-order chi connectivity index (χ0) is 21.2. The number of carbonyl (C=O) groups excluding carboxylic acids is 2. The van der Waals surface area contributed by atoms with Gasteiger partial charge < -0.3 is 19.5 Å². The van der Waals surface area contributed by atoms with Crippen LogP contribution in [0.5, 0.6) is 17.2 Å². The minimum Gasteiger partial charge on any atom is -0.493 e. The van der Waals surface area contributed by atoms with E-state index in [4.69, 9.17) is 14.2 Å². The second-order valence-electron chi connectivity index (χ2n) is 5.66. The van der Waals surface area contributed by atoms with Gasteiger partial charge in [-0.15, -0.1) is 0 Å². The lowest BCUT2D eigenvalue weighted by atomic mass is 10.2. The van der Waals surface area contributed by atoms with Crippen molar-refractivity contribution in [2.75, 3.05) is 27.4 Å². The number of hydrogen-bond acceptors (Lipinski definition) is 6. The van der Waals surface area contributed by atoms with Gasteiger partial charge in [0.25, 0.3) is 11.8 Å². The Morgan fingerprint density at radius 2 is 1.79 bits per heavy atom. The summed E-state index contributed by atoms with van der Waals surface area (Å²) in [6.45, 7) is 2.16. The summed E-state index contributed by atoms with van der Waals surface area (Å²) in [5.74, 6) is 0.692. The molecule has 2 aromatic rings. The molecule has 29 heavy (non-hydrogen) atoms. The van der Waals surface area contributed by atoms with Gasteiger partial charge in [-0.3, -0.25) is 9.59 Å². The van der Waals surface area contributed by atoms with Crippen molar-refractivity contribution in [2.45, 2.75) is 6.92 Å². The van der Waals surface area contributed by atoms with Gasteiger partial charge >= 0.3 is 0 Å². The predicted molar refractivity (Wildman–Crippen MR) is 113 cm³/mol. The monoisotopic (exact) mass is 463 g/mol. The van der Waals surface area contributed by atoms with E-state index in [1.54, 1.807) is 18.2 Å². The summed E-state index contributed by atoms with van der Waals surface area (Å²) >= 11 is 3.38. The Hall–Kier alpha value is -3.07. The third kappa shape index (κ3) is 6.49. The van der Waals surface area contributed by atoms with Crippen molar-refractivity contribution in [3.05, 3.63) is 52.0 Å². The average Bonchev–Trinajstić information content (AvgIpc) is 2.73. The summed E-state index contributed by atoms with van der Waals surface area (Å²) in [7, 11) is 2.99. The van der Waals surface area contributed by atoms with Crippen molar-refractivity contribution >= 4 is 34.0 Å². The van der Waals surface area contributed by atoms with E-state index in [2.05, 4.69) is 31.8 Å². The van der Waals surface area contributed by atoms with Crippen molar-refractivity contribution in [1.82, 2.24) is 10.7 Å². The second kappa shape index (κ2) is 11.1. The topological polar surface area (TPSA) is 98.2 Å². The Morgan fingerprint density at radius 3 is 2.48 bits per heavy atom. The first-order valence-electron chi connectivity index (χ1n) is 8.73. The van der Waals surface area contributed by atoms with Gasteiger partial charge in [-0.25, -0.2) is 5.43 Å². The van der Waals surface area contributed by atoms with Crippen LogP contribution < -0.4 is 25.0 Å². The van der Waals surface area contributed by atoms with E-state index < -0.39 is 11.8 Å². The Labute approximate surface area is 177 Å². The maximum atomic E-state index is 12.2. The Bertz CT molecular complexity index is 902. The molecule has 2 amide bonds. The Balaban J connectivity index is 1.91. The molecular weight excluding hydrogens is 442 g/mol. The first-order valence-corrected chi connectivity index (χ1v) is 9.52. The van der Waals surface area contributed by atoms with Gasteiger partial charge in [0.2, 0.25) is 0 Å². The van der Waals surface area contributed by atoms with Crippen molar-refractivity contribution in [3.8, 4) is 17.2 Å². The Kier molecular flexibility index (Phi) is 8.47. The van der Waals surface area contributed by atoms with Crippen LogP contribution in [0.3, 0.4) is 0 Å². The van der Waals surface area contributed by atoms with Gasteiger partial charge in [0.15, 0.2) is 11.5 Å². The number of hydrogen-bond donors (Lipinski definition) is 2. The summed E-state index contributed by atoms with van der Waals surface area (Å²) in [5.41, 5.74) is 3.41. The van der Waals surface area contributed by atoms with Gasteiger partial charge in [0, 0.05) is 15.6 Å². The number of hydrazone groups is 1. The van der Waals surface area contributed by atoms with Crippen LogP contribution in [-0.2, 0) is 4.79 Å². The predicted octanol–water partition coefficient (Wildman–Crippen LogP) is 2.75. The highest BCUT2D eigenvalue weighted by molar-refractivity contribution is 9.10. The fraction of sp³-hybridized carbons (Fsp3) is 0.250. The van der Waals surface area contributed by atoms with Gasteiger partial charge in [-0.2, -0.15) is 5.10 Å². The fourth-order valence-electron chi connectivity index (χ4n) is 2.36. The van der Waals surface area contributed by atoms with E-state index in [0.29, 0.717) is 35.0 Å². The van der Waals surface area contributed by atoms with Crippen LogP contribution in [0.2, 0.25) is 0 Å². The van der Waals surface area contributed by atoms with Crippen LogP contribution in [0.4, 0.5) is 0 Å². The quantitative estimate of drug-likeness (QED) is 0.440. The molecule has 2 N–H and O–H groups in total. The number of methoxy groups -OCH3 is 2. The maximum Gasteiger partial charge on any atom is 0.259 e. The highest BCUT2D eigenvalue weighted by atomic mass is 79.9. The molecule has 0 bridgehead atoms. The normalized spacial score (nSPS) is 10.5. The van der Waals surface area contributed by atoms with E-state index in [9.17, 15) is 9.59 Å². The molecule has 0 aliphatic rings. The SMILES string of the molecule is CCOc1ccc(Br)cc1C=NNC(=O)CNC(=O)c1ccc(OC)c(OC)c1. The molecule has 0 saturated carbocycles. The lowest BCUT2D eigenvalue weighted by Gasteiger charge is -2.09. The number of ether oxygens (including phenoxy) is 3. The van der Waals surface area contributed by atoms with Gasteiger partial charge in [-0.05, 0) is 43.3 Å². The minimum absolute atomic E-state index is 0.235. The number of nitrogens with one attached hydrogen (secondary N) is 2. The second-order valence-corrected chi connectivity index (χ2v) is 6.58. The molecule has 0 radical (unpaired) electrons. The van der Waals surface area contributed by atoms with Crippen LogP contribution in [0.1, 0.15) is 22.8 Å². The summed E-state index contributed by atoms with van der Waals surface area (Å²) < 4.78 is 16.7. The van der Waals surface area contributed by atoms with Gasteiger partial charge in [0.05, 0.1) is 33.6 Å². The third-order valence-corrected chi connectivity index (χ3v) is 4.21. The number of amides is 2. The summed E-state index contributed by atoms with van der Waals surface area (Å²) in [6, 6.07) is 10.2. The van der Waals surface area contributed by atoms with Crippen LogP contribution in [0.15, 0.2) is 46.0 Å². The van der Waals surface area contributed by atoms with Crippen LogP contribution in [0, 0.1) is 0 Å². The van der Waals surface area contributed by atoms with E-state index in [1.807, 2.05) is 19.1 Å². The minimum atomic E-state index is -0.469. The molecule has 0 aliphatic heterocycles. The zero-order valence-electron chi connectivity index (χ0n) is 16.3. The molecular formula is C20H22BrN3O5. The molecule has 0 heterocycles. The van der Waals surface area contributed by atoms with Crippen molar-refractivity contribution in [1.29, 1.82) is 0 Å². The third-order valence-electron chi connectivity index (χ3n) is 3.72. The van der Waals surface area contributed by atoms with Crippen molar-refractivity contribution in [2.24, 2.45) is 5.10 Å². The zero-order valence-corrected chi connectivity index (χ0v) is 17.9. The maximum absolute atomic E-state index is 12.2. The largest absolute Gasteiger partial charge is 0.493 e. The van der Waals surface area contributed by atoms with Crippen LogP contribution in [0.25, 0.3) is 0 Å². The van der Waals surface area contributed by atoms with Crippen molar-refractivity contribution in [3.63, 3.8) is 0 Å². The molecule has 0 spiro atoms. The number of halogens is 1. The highest BCUT2D eigenvalue weighted by Crippen LogP contribution is 2.27. The van der Waals surface area contributed by atoms with E-state index in [1.165, 1.54) is 26.5 Å². The summed E-state index contributed by atoms with van der Waals surface area (Å²) in [5, 5.41) is 6.44. The fourth-order valence-corrected chi connectivity index (χ4v) is 2.74. The van der Waals surface area contributed by atoms with E-state index in [0.717, 1.165) is 4.47 Å². The molecule has 2 aromatic carbocycles. The molecule has 0 saturated heterocycles. The number of carbonyl (C=O) groups is 2. The molecule has 0 unspecified atom stereocenters. The molecule has 0 aliphatic carbocycles.